The van der Waals surface area contributed by atoms with E-state index in [4.69, 9.17) is 0 Å². The van der Waals surface area contributed by atoms with Crippen LogP contribution in [0.2, 0.25) is 0 Å². The molecule has 2 unspecified atom stereocenters. The van der Waals surface area contributed by atoms with E-state index in [-0.39, 0.29) is 11.7 Å². The fourth-order valence-corrected chi connectivity index (χ4v) is 3.01. The van der Waals surface area contributed by atoms with Crippen molar-refractivity contribution in [1.82, 2.24) is 10.2 Å². The summed E-state index contributed by atoms with van der Waals surface area (Å²) < 4.78 is 28.7. The van der Waals surface area contributed by atoms with Gasteiger partial charge in [0, 0.05) is 31.7 Å². The van der Waals surface area contributed by atoms with Gasteiger partial charge in [-0.1, -0.05) is 6.07 Å². The number of alkyl halides is 2. The highest BCUT2D eigenvalue weighted by atomic mass is 19.3. The molecular formula is C14H16F2N2O2. The largest absolute Gasteiger partial charge is 0.435 e. The van der Waals surface area contributed by atoms with Crippen LogP contribution in [0.25, 0.3) is 0 Å². The zero-order valence-electron chi connectivity index (χ0n) is 10.9. The zero-order chi connectivity index (χ0) is 14.1. The van der Waals surface area contributed by atoms with Gasteiger partial charge in [-0.2, -0.15) is 8.78 Å². The molecule has 1 amide bonds. The monoisotopic (exact) mass is 282 g/mol. The van der Waals surface area contributed by atoms with Crippen molar-refractivity contribution in [3.05, 3.63) is 29.8 Å². The summed E-state index contributed by atoms with van der Waals surface area (Å²) in [6, 6.07) is 5.99. The van der Waals surface area contributed by atoms with E-state index in [9.17, 15) is 13.6 Å². The summed E-state index contributed by atoms with van der Waals surface area (Å²) in [4.78, 5) is 14.2. The molecule has 4 nitrogen and oxygen atoms in total. The van der Waals surface area contributed by atoms with Gasteiger partial charge in [0.1, 0.15) is 5.75 Å². The first kappa shape index (κ1) is 13.3. The molecule has 3 rings (SSSR count). The molecule has 2 atom stereocenters. The third-order valence-corrected chi connectivity index (χ3v) is 3.98. The van der Waals surface area contributed by atoms with Crippen LogP contribution < -0.4 is 10.1 Å². The zero-order valence-corrected chi connectivity index (χ0v) is 10.9. The molecule has 2 aliphatic rings. The highest BCUT2D eigenvalue weighted by Crippen LogP contribution is 2.28. The van der Waals surface area contributed by atoms with Gasteiger partial charge in [0.2, 0.25) is 0 Å². The second kappa shape index (κ2) is 5.36. The minimum atomic E-state index is -2.88. The fraction of sp³-hybridized carbons (Fsp3) is 0.500. The van der Waals surface area contributed by atoms with Crippen LogP contribution in [0.5, 0.6) is 5.75 Å². The van der Waals surface area contributed by atoms with Crippen molar-refractivity contribution in [2.45, 2.75) is 6.61 Å². The van der Waals surface area contributed by atoms with Gasteiger partial charge in [-0.25, -0.2) is 0 Å². The Hall–Kier alpha value is -1.69. The molecule has 20 heavy (non-hydrogen) atoms. The minimum Gasteiger partial charge on any atom is -0.435 e. The Bertz CT molecular complexity index is 498. The van der Waals surface area contributed by atoms with Crippen LogP contribution in [0.15, 0.2) is 24.3 Å². The Balaban J connectivity index is 1.71. The van der Waals surface area contributed by atoms with Crippen molar-refractivity contribution in [2.24, 2.45) is 11.8 Å². The van der Waals surface area contributed by atoms with E-state index in [2.05, 4.69) is 10.1 Å². The number of fused-ring (bicyclic) bond motifs is 1. The number of nitrogens with zero attached hydrogens (tertiary/aromatic N) is 1. The molecular weight excluding hydrogens is 266 g/mol. The Morgan fingerprint density at radius 3 is 2.65 bits per heavy atom. The highest BCUT2D eigenvalue weighted by Gasteiger charge is 2.38. The van der Waals surface area contributed by atoms with Crippen LogP contribution in [-0.2, 0) is 0 Å². The number of hydrogen-bond acceptors (Lipinski definition) is 3. The number of carbonyl (C=O) groups is 1. The lowest BCUT2D eigenvalue weighted by Crippen LogP contribution is -2.31. The Morgan fingerprint density at radius 1 is 1.30 bits per heavy atom. The van der Waals surface area contributed by atoms with E-state index >= 15 is 0 Å². The van der Waals surface area contributed by atoms with E-state index in [1.54, 1.807) is 17.0 Å². The van der Waals surface area contributed by atoms with Crippen LogP contribution in [0.3, 0.4) is 0 Å². The van der Waals surface area contributed by atoms with E-state index in [1.165, 1.54) is 12.1 Å². The first-order chi connectivity index (χ1) is 9.63. The van der Waals surface area contributed by atoms with Gasteiger partial charge in [-0.3, -0.25) is 4.79 Å². The maximum Gasteiger partial charge on any atom is 0.387 e. The third kappa shape index (κ3) is 2.60. The molecule has 1 N–H and O–H groups in total. The highest BCUT2D eigenvalue weighted by molar-refractivity contribution is 5.94. The summed E-state index contributed by atoms with van der Waals surface area (Å²) in [5.74, 6) is 0.935. The molecule has 2 saturated heterocycles. The molecule has 2 aliphatic heterocycles. The van der Waals surface area contributed by atoms with Crippen molar-refractivity contribution in [1.29, 1.82) is 0 Å². The number of rotatable bonds is 3. The molecule has 108 valence electrons. The second-order valence-corrected chi connectivity index (χ2v) is 5.29. The normalized spacial score (nSPS) is 25.1. The lowest BCUT2D eigenvalue weighted by molar-refractivity contribution is -0.0499. The molecule has 0 aromatic heterocycles. The number of halogens is 2. The van der Waals surface area contributed by atoms with Crippen LogP contribution in [0.1, 0.15) is 10.4 Å². The molecule has 1 aromatic carbocycles. The van der Waals surface area contributed by atoms with Crippen molar-refractivity contribution >= 4 is 5.91 Å². The fourth-order valence-electron chi connectivity index (χ4n) is 3.01. The van der Waals surface area contributed by atoms with Crippen molar-refractivity contribution in [3.8, 4) is 5.75 Å². The Kier molecular flexibility index (Phi) is 3.56. The predicted octanol–water partition coefficient (Wildman–Crippen LogP) is 1.58. The van der Waals surface area contributed by atoms with Crippen molar-refractivity contribution in [2.75, 3.05) is 26.2 Å². The van der Waals surface area contributed by atoms with E-state index in [0.29, 0.717) is 17.4 Å². The van der Waals surface area contributed by atoms with Gasteiger partial charge in [0.15, 0.2) is 0 Å². The number of amides is 1. The number of ether oxygens (including phenoxy) is 1. The molecule has 2 fully saturated rings. The summed E-state index contributed by atoms with van der Waals surface area (Å²) in [6.45, 7) is 0.483. The van der Waals surface area contributed by atoms with Gasteiger partial charge in [0.05, 0.1) is 0 Å². The summed E-state index contributed by atoms with van der Waals surface area (Å²) >= 11 is 0. The molecule has 0 spiro atoms. The summed E-state index contributed by atoms with van der Waals surface area (Å²) in [7, 11) is 0. The van der Waals surface area contributed by atoms with Gasteiger partial charge < -0.3 is 15.0 Å². The van der Waals surface area contributed by atoms with Crippen molar-refractivity contribution < 1.29 is 18.3 Å². The van der Waals surface area contributed by atoms with E-state index < -0.39 is 6.61 Å². The number of nitrogens with one attached hydrogen (secondary N) is 1. The van der Waals surface area contributed by atoms with Crippen LogP contribution in [0.4, 0.5) is 8.78 Å². The predicted molar refractivity (Wildman–Crippen MR) is 68.8 cm³/mol. The van der Waals surface area contributed by atoms with E-state index in [0.717, 1.165) is 26.2 Å². The van der Waals surface area contributed by atoms with Gasteiger partial charge in [-0.05, 0) is 30.0 Å². The number of benzene rings is 1. The molecule has 1 aromatic rings. The Labute approximate surface area is 115 Å². The quantitative estimate of drug-likeness (QED) is 0.915. The average Bonchev–Trinajstić information content (AvgIpc) is 2.98. The molecule has 0 saturated carbocycles. The van der Waals surface area contributed by atoms with Crippen LogP contribution in [-0.4, -0.2) is 43.6 Å². The van der Waals surface area contributed by atoms with Gasteiger partial charge in [-0.15, -0.1) is 0 Å². The maximum absolute atomic E-state index is 12.4. The first-order valence-corrected chi connectivity index (χ1v) is 6.68. The van der Waals surface area contributed by atoms with Gasteiger partial charge >= 0.3 is 6.61 Å². The molecule has 6 heteroatoms. The lowest BCUT2D eigenvalue weighted by atomic mass is 10.0. The topological polar surface area (TPSA) is 41.6 Å². The van der Waals surface area contributed by atoms with Crippen LogP contribution >= 0.6 is 0 Å². The Morgan fingerprint density at radius 2 is 2.00 bits per heavy atom. The SMILES string of the molecule is O=C(c1cccc(OC(F)F)c1)N1CC2CNCC2C1. The second-order valence-electron chi connectivity index (χ2n) is 5.29. The molecule has 2 heterocycles. The standard InChI is InChI=1S/C14H16F2N2O2/c15-14(16)20-12-3-1-2-9(4-12)13(19)18-7-10-5-17-6-11(10)8-18/h1-4,10-11,14,17H,5-8H2. The summed E-state index contributed by atoms with van der Waals surface area (Å²) in [5, 5.41) is 3.31. The van der Waals surface area contributed by atoms with Crippen LogP contribution in [0, 0.1) is 11.8 Å². The molecule has 0 bridgehead atoms. The smallest absolute Gasteiger partial charge is 0.387 e. The van der Waals surface area contributed by atoms with Gasteiger partial charge in [0.25, 0.3) is 5.91 Å². The number of hydrogen-bond donors (Lipinski definition) is 1. The first-order valence-electron chi connectivity index (χ1n) is 6.68. The lowest BCUT2D eigenvalue weighted by Gasteiger charge is -2.18. The average molecular weight is 282 g/mol. The summed E-state index contributed by atoms with van der Waals surface area (Å²) in [6.07, 6.45) is 0. The number of likely N-dealkylation sites (tertiary alicyclic amines) is 1. The molecule has 0 radical (unpaired) electrons. The molecule has 0 aliphatic carbocycles. The van der Waals surface area contributed by atoms with Crippen molar-refractivity contribution in [3.63, 3.8) is 0 Å². The third-order valence-electron chi connectivity index (χ3n) is 3.98. The maximum atomic E-state index is 12.4. The minimum absolute atomic E-state index is 0.0203. The van der Waals surface area contributed by atoms with E-state index in [1.807, 2.05) is 0 Å². The number of carbonyl (C=O) groups excluding carboxylic acids is 1. The summed E-state index contributed by atoms with van der Waals surface area (Å²) in [5.41, 5.74) is 0.399.